The minimum Gasteiger partial charge on any atom is -0.378 e. The van der Waals surface area contributed by atoms with Crippen LogP contribution in [0.5, 0.6) is 0 Å². The highest BCUT2D eigenvalue weighted by Crippen LogP contribution is 2.40. The van der Waals surface area contributed by atoms with Gasteiger partial charge in [0, 0.05) is 31.9 Å². The average Bonchev–Trinajstić information content (AvgIpc) is 2.88. The molecule has 6 heteroatoms. The molecule has 1 aromatic rings. The van der Waals surface area contributed by atoms with Gasteiger partial charge >= 0.3 is 0 Å². The lowest BCUT2D eigenvalue weighted by atomic mass is 9.79. The fourth-order valence-electron chi connectivity index (χ4n) is 3.33. The molecule has 2 aliphatic rings. The summed E-state index contributed by atoms with van der Waals surface area (Å²) in [5.41, 5.74) is 3.90. The normalized spacial score (nSPS) is 31.6. The smallest absolute Gasteiger partial charge is 0.129 e. The Balaban J connectivity index is 1.78. The molecule has 3 heterocycles. The van der Waals surface area contributed by atoms with Crippen molar-refractivity contribution in [3.63, 3.8) is 0 Å². The quantitative estimate of drug-likeness (QED) is 0.506. The van der Waals surface area contributed by atoms with Gasteiger partial charge in [-0.15, -0.1) is 0 Å². The van der Waals surface area contributed by atoms with Gasteiger partial charge < -0.3 is 9.47 Å². The van der Waals surface area contributed by atoms with Crippen molar-refractivity contribution in [2.75, 3.05) is 19.8 Å². The number of ether oxygens (including phenoxy) is 2. The summed E-state index contributed by atoms with van der Waals surface area (Å²) < 4.78 is 11.5. The van der Waals surface area contributed by atoms with Crippen LogP contribution in [0.3, 0.4) is 0 Å². The number of pyridine rings is 1. The largest absolute Gasteiger partial charge is 0.378 e. The number of rotatable bonds is 3. The molecule has 1 aromatic heterocycles. The summed E-state index contributed by atoms with van der Waals surface area (Å²) in [5.74, 6) is 6.20. The summed E-state index contributed by atoms with van der Waals surface area (Å²) in [6, 6.07) is 3.90. The van der Waals surface area contributed by atoms with Crippen molar-refractivity contribution in [1.82, 2.24) is 10.4 Å². The number of hydrogen-bond acceptors (Lipinski definition) is 5. The maximum Gasteiger partial charge on any atom is 0.129 e. The number of hydrazine groups is 1. The lowest BCUT2D eigenvalue weighted by Crippen LogP contribution is -2.45. The number of halogens is 1. The van der Waals surface area contributed by atoms with Crippen molar-refractivity contribution in [3.05, 3.63) is 29.0 Å². The van der Waals surface area contributed by atoms with Crippen LogP contribution in [0.2, 0.25) is 5.15 Å². The van der Waals surface area contributed by atoms with Gasteiger partial charge in [0.05, 0.1) is 12.2 Å². The van der Waals surface area contributed by atoms with Crippen LogP contribution in [0, 0.1) is 5.92 Å². The maximum absolute atomic E-state index is 5.98. The van der Waals surface area contributed by atoms with Gasteiger partial charge in [-0.25, -0.2) is 4.98 Å². The highest BCUT2D eigenvalue weighted by atomic mass is 35.5. The van der Waals surface area contributed by atoms with E-state index in [1.165, 1.54) is 0 Å². The molecular weight excluding hydrogens is 278 g/mol. The second-order valence-corrected chi connectivity index (χ2v) is 6.03. The van der Waals surface area contributed by atoms with Crippen LogP contribution in [0.4, 0.5) is 0 Å². The lowest BCUT2D eigenvalue weighted by molar-refractivity contribution is -0.103. The fraction of sp³-hybridized carbons (Fsp3) is 0.643. The van der Waals surface area contributed by atoms with Crippen LogP contribution >= 0.6 is 11.6 Å². The predicted octanol–water partition coefficient (Wildman–Crippen LogP) is 1.83. The summed E-state index contributed by atoms with van der Waals surface area (Å²) >= 11 is 5.98. The Kier molecular flexibility index (Phi) is 4.23. The number of hydrogen-bond donors (Lipinski definition) is 2. The van der Waals surface area contributed by atoms with Gasteiger partial charge in [-0.3, -0.25) is 11.3 Å². The zero-order valence-electron chi connectivity index (χ0n) is 11.3. The first-order chi connectivity index (χ1) is 9.72. The summed E-state index contributed by atoms with van der Waals surface area (Å²) in [7, 11) is 0. The molecule has 0 aliphatic carbocycles. The molecule has 3 atom stereocenters. The Labute approximate surface area is 123 Å². The van der Waals surface area contributed by atoms with Crippen molar-refractivity contribution in [3.8, 4) is 0 Å². The fourth-order valence-corrected chi connectivity index (χ4v) is 3.51. The molecule has 0 bridgehead atoms. The molecule has 0 aromatic carbocycles. The van der Waals surface area contributed by atoms with Crippen molar-refractivity contribution in [1.29, 1.82) is 0 Å². The van der Waals surface area contributed by atoms with E-state index < -0.39 is 0 Å². The SMILES string of the molecule is NNC(c1ccnc(Cl)c1)C1CCOC2(CCOC2)C1. The molecule has 3 unspecified atom stereocenters. The Morgan fingerprint density at radius 1 is 1.50 bits per heavy atom. The predicted molar refractivity (Wildman–Crippen MR) is 76.2 cm³/mol. The van der Waals surface area contributed by atoms with E-state index in [1.807, 2.05) is 12.1 Å². The summed E-state index contributed by atoms with van der Waals surface area (Å²) in [6.07, 6.45) is 4.63. The molecule has 1 spiro atoms. The highest BCUT2D eigenvalue weighted by Gasteiger charge is 2.43. The van der Waals surface area contributed by atoms with Crippen LogP contribution in [-0.2, 0) is 9.47 Å². The molecule has 2 saturated heterocycles. The van der Waals surface area contributed by atoms with Crippen LogP contribution < -0.4 is 11.3 Å². The summed E-state index contributed by atoms with van der Waals surface area (Å²) in [4.78, 5) is 4.02. The van der Waals surface area contributed by atoms with Gasteiger partial charge in [0.25, 0.3) is 0 Å². The van der Waals surface area contributed by atoms with Crippen molar-refractivity contribution >= 4 is 11.6 Å². The van der Waals surface area contributed by atoms with Gasteiger partial charge in [-0.2, -0.15) is 0 Å². The van der Waals surface area contributed by atoms with E-state index in [1.54, 1.807) is 6.20 Å². The maximum atomic E-state index is 5.98. The average molecular weight is 298 g/mol. The Morgan fingerprint density at radius 2 is 2.40 bits per heavy atom. The van der Waals surface area contributed by atoms with Crippen molar-refractivity contribution in [2.45, 2.75) is 30.9 Å². The van der Waals surface area contributed by atoms with E-state index in [0.717, 1.165) is 38.0 Å². The molecule has 5 nitrogen and oxygen atoms in total. The van der Waals surface area contributed by atoms with E-state index >= 15 is 0 Å². The first-order valence-electron chi connectivity index (χ1n) is 7.02. The zero-order valence-corrected chi connectivity index (χ0v) is 12.1. The van der Waals surface area contributed by atoms with Crippen molar-refractivity contribution < 1.29 is 9.47 Å². The molecule has 0 amide bonds. The van der Waals surface area contributed by atoms with Gasteiger partial charge in [0.2, 0.25) is 0 Å². The second-order valence-electron chi connectivity index (χ2n) is 5.64. The van der Waals surface area contributed by atoms with Crippen LogP contribution in [0.1, 0.15) is 30.9 Å². The molecular formula is C14H20ClN3O2. The molecule has 20 heavy (non-hydrogen) atoms. The monoisotopic (exact) mass is 297 g/mol. The zero-order chi connectivity index (χ0) is 14.0. The van der Waals surface area contributed by atoms with Crippen LogP contribution in [0.25, 0.3) is 0 Å². The van der Waals surface area contributed by atoms with Crippen LogP contribution in [0.15, 0.2) is 18.3 Å². The van der Waals surface area contributed by atoms with E-state index in [-0.39, 0.29) is 11.6 Å². The second kappa shape index (κ2) is 5.95. The molecule has 2 aliphatic heterocycles. The van der Waals surface area contributed by atoms with E-state index in [2.05, 4.69) is 10.4 Å². The third-order valence-electron chi connectivity index (χ3n) is 4.36. The van der Waals surface area contributed by atoms with Gasteiger partial charge in [-0.05, 0) is 36.5 Å². The summed E-state index contributed by atoms with van der Waals surface area (Å²) in [5, 5.41) is 0.494. The van der Waals surface area contributed by atoms with Gasteiger partial charge in [-0.1, -0.05) is 11.6 Å². The van der Waals surface area contributed by atoms with Crippen LogP contribution in [-0.4, -0.2) is 30.4 Å². The standard InChI is InChI=1S/C14H20ClN3O2/c15-12-7-10(1-4-17-12)13(18-16)11-2-5-20-14(8-11)3-6-19-9-14/h1,4,7,11,13,18H,2-3,5-6,8-9,16H2. The minimum absolute atomic E-state index is 0.0666. The molecule has 2 fully saturated rings. The Hall–Kier alpha value is -0.720. The third kappa shape index (κ3) is 2.82. The first-order valence-corrected chi connectivity index (χ1v) is 7.39. The van der Waals surface area contributed by atoms with E-state index in [9.17, 15) is 0 Å². The lowest BCUT2D eigenvalue weighted by Gasteiger charge is -2.40. The number of nitrogens with two attached hydrogens (primary N) is 1. The third-order valence-corrected chi connectivity index (χ3v) is 4.57. The van der Waals surface area contributed by atoms with E-state index in [4.69, 9.17) is 26.9 Å². The minimum atomic E-state index is -0.116. The number of aromatic nitrogens is 1. The highest BCUT2D eigenvalue weighted by molar-refractivity contribution is 6.29. The Bertz CT molecular complexity index is 465. The molecule has 3 N–H and O–H groups in total. The topological polar surface area (TPSA) is 69.4 Å². The molecule has 0 radical (unpaired) electrons. The first kappa shape index (κ1) is 14.2. The summed E-state index contributed by atoms with van der Waals surface area (Å²) in [6.45, 7) is 2.23. The molecule has 0 saturated carbocycles. The number of nitrogens with one attached hydrogen (secondary N) is 1. The molecule has 110 valence electrons. The van der Waals surface area contributed by atoms with E-state index in [0.29, 0.717) is 17.7 Å². The Morgan fingerprint density at radius 3 is 3.10 bits per heavy atom. The number of nitrogens with zero attached hydrogens (tertiary/aromatic N) is 1. The molecule has 3 rings (SSSR count). The van der Waals surface area contributed by atoms with Gasteiger partial charge in [0.1, 0.15) is 5.15 Å². The van der Waals surface area contributed by atoms with Crippen molar-refractivity contribution in [2.24, 2.45) is 11.8 Å². The van der Waals surface area contributed by atoms with Gasteiger partial charge in [0.15, 0.2) is 0 Å².